The van der Waals surface area contributed by atoms with Gasteiger partial charge in [-0.2, -0.15) is 0 Å². The molecular weight excluding hydrogens is 368 g/mol. The number of rotatable bonds is 6. The predicted octanol–water partition coefficient (Wildman–Crippen LogP) is -0.715. The number of carbonyl (C=O) groups is 5. The van der Waals surface area contributed by atoms with Crippen LogP contribution in [0.2, 0.25) is 0 Å². The zero-order valence-electron chi connectivity index (χ0n) is 15.6. The van der Waals surface area contributed by atoms with Crippen LogP contribution in [0.25, 0.3) is 0 Å². The monoisotopic (exact) mass is 390 g/mol. The van der Waals surface area contributed by atoms with Crippen molar-refractivity contribution in [2.45, 2.75) is 58.2 Å². The largest absolute Gasteiger partial charge is 0.467 e. The van der Waals surface area contributed by atoms with Crippen molar-refractivity contribution in [3.63, 3.8) is 0 Å². The summed E-state index contributed by atoms with van der Waals surface area (Å²) >= 11 is 0. The van der Waals surface area contributed by atoms with Gasteiger partial charge < -0.3 is 28.4 Å². The number of esters is 5. The third-order valence-electron chi connectivity index (χ3n) is 3.42. The van der Waals surface area contributed by atoms with Crippen LogP contribution in [0, 0.1) is 0 Å². The molecule has 5 atom stereocenters. The summed E-state index contributed by atoms with van der Waals surface area (Å²) in [6.45, 7) is 3.99. The van der Waals surface area contributed by atoms with Crippen molar-refractivity contribution in [3.8, 4) is 0 Å². The summed E-state index contributed by atoms with van der Waals surface area (Å²) in [5.74, 6) is -3.92. The minimum atomic E-state index is -1.50. The first-order valence-electron chi connectivity index (χ1n) is 7.95. The fourth-order valence-electron chi connectivity index (χ4n) is 2.53. The van der Waals surface area contributed by atoms with E-state index in [2.05, 4.69) is 4.74 Å². The summed E-state index contributed by atoms with van der Waals surface area (Å²) in [5.41, 5.74) is 0. The Morgan fingerprint density at radius 1 is 0.741 bits per heavy atom. The van der Waals surface area contributed by atoms with Crippen molar-refractivity contribution in [3.05, 3.63) is 0 Å². The molecule has 1 fully saturated rings. The molecule has 0 saturated carbocycles. The van der Waals surface area contributed by atoms with E-state index in [4.69, 9.17) is 23.7 Å². The number of methoxy groups -OCH3 is 1. The molecule has 1 aliphatic rings. The first-order chi connectivity index (χ1) is 12.6. The standard InChI is InChI=1S/C16H22O11/c1-7(17)23-6-11-12(24-8(2)18)13(25-9(3)19)14(26-10(4)20)15(27-11)16(21)22-5/h11-15H,6H2,1-5H3/t11-,12+,13+,14+,15-/m1/s1. The average Bonchev–Trinajstić information content (AvgIpc) is 2.54. The molecule has 1 rings (SSSR count). The van der Waals surface area contributed by atoms with Crippen LogP contribution in [0.3, 0.4) is 0 Å². The topological polar surface area (TPSA) is 141 Å². The number of ether oxygens (including phenoxy) is 6. The van der Waals surface area contributed by atoms with Crippen LogP contribution in [0.5, 0.6) is 0 Å². The van der Waals surface area contributed by atoms with E-state index in [1.165, 1.54) is 0 Å². The third kappa shape index (κ3) is 6.51. The molecule has 0 aromatic heterocycles. The maximum absolute atomic E-state index is 12.1. The Balaban J connectivity index is 3.33. The van der Waals surface area contributed by atoms with Gasteiger partial charge in [-0.25, -0.2) is 4.79 Å². The molecule has 152 valence electrons. The molecule has 0 aliphatic carbocycles. The van der Waals surface area contributed by atoms with Crippen LogP contribution in [0.1, 0.15) is 27.7 Å². The molecule has 0 radical (unpaired) electrons. The van der Waals surface area contributed by atoms with Gasteiger partial charge in [-0.1, -0.05) is 0 Å². The first kappa shape index (κ1) is 22.4. The average molecular weight is 390 g/mol. The first-order valence-corrected chi connectivity index (χ1v) is 7.95. The normalized spacial score (nSPS) is 27.1. The van der Waals surface area contributed by atoms with Gasteiger partial charge in [0.15, 0.2) is 24.4 Å². The number of hydrogen-bond acceptors (Lipinski definition) is 11. The van der Waals surface area contributed by atoms with Gasteiger partial charge >= 0.3 is 29.8 Å². The van der Waals surface area contributed by atoms with E-state index >= 15 is 0 Å². The Morgan fingerprint density at radius 2 is 1.22 bits per heavy atom. The van der Waals surface area contributed by atoms with Gasteiger partial charge in [0.2, 0.25) is 0 Å². The molecule has 0 spiro atoms. The molecule has 0 unspecified atom stereocenters. The van der Waals surface area contributed by atoms with Crippen LogP contribution in [-0.2, 0) is 52.4 Å². The lowest BCUT2D eigenvalue weighted by Gasteiger charge is -2.43. The van der Waals surface area contributed by atoms with E-state index in [1.54, 1.807) is 0 Å². The van der Waals surface area contributed by atoms with Crippen LogP contribution in [-0.4, -0.2) is 74.1 Å². The van der Waals surface area contributed by atoms with Crippen molar-refractivity contribution >= 4 is 29.8 Å². The molecule has 1 heterocycles. The zero-order chi connectivity index (χ0) is 20.7. The third-order valence-corrected chi connectivity index (χ3v) is 3.42. The van der Waals surface area contributed by atoms with E-state index in [9.17, 15) is 24.0 Å². The summed E-state index contributed by atoms with van der Waals surface area (Å²) in [6.07, 6.45) is -6.84. The van der Waals surface area contributed by atoms with E-state index in [0.717, 1.165) is 34.8 Å². The highest BCUT2D eigenvalue weighted by Crippen LogP contribution is 2.29. The fourth-order valence-corrected chi connectivity index (χ4v) is 2.53. The Morgan fingerprint density at radius 3 is 1.67 bits per heavy atom. The molecule has 1 aliphatic heterocycles. The van der Waals surface area contributed by atoms with Gasteiger partial charge in [-0.15, -0.1) is 0 Å². The highest BCUT2D eigenvalue weighted by molar-refractivity contribution is 5.77. The van der Waals surface area contributed by atoms with E-state index in [1.807, 2.05) is 0 Å². The lowest BCUT2D eigenvalue weighted by atomic mass is 9.94. The van der Waals surface area contributed by atoms with Crippen molar-refractivity contribution in [1.82, 2.24) is 0 Å². The van der Waals surface area contributed by atoms with E-state index in [-0.39, 0.29) is 0 Å². The van der Waals surface area contributed by atoms with Crippen molar-refractivity contribution in [2.75, 3.05) is 13.7 Å². The van der Waals surface area contributed by atoms with Gasteiger partial charge in [0, 0.05) is 27.7 Å². The Hall–Kier alpha value is -2.69. The number of carbonyl (C=O) groups excluding carboxylic acids is 5. The summed E-state index contributed by atoms with van der Waals surface area (Å²) in [7, 11) is 1.08. The molecule has 0 bridgehead atoms. The van der Waals surface area contributed by atoms with Crippen molar-refractivity contribution < 1.29 is 52.4 Å². The van der Waals surface area contributed by atoms with Gasteiger partial charge in [0.1, 0.15) is 12.7 Å². The minimum absolute atomic E-state index is 0.411. The Bertz CT molecular complexity index is 599. The molecular formula is C16H22O11. The summed E-state index contributed by atoms with van der Waals surface area (Å²) in [4.78, 5) is 57.8. The summed E-state index contributed by atoms with van der Waals surface area (Å²) in [6, 6.07) is 0. The lowest BCUT2D eigenvalue weighted by molar-refractivity contribution is -0.253. The second-order valence-electron chi connectivity index (χ2n) is 5.64. The molecule has 11 nitrogen and oxygen atoms in total. The lowest BCUT2D eigenvalue weighted by Crippen LogP contribution is -2.64. The molecule has 11 heteroatoms. The SMILES string of the molecule is COC(=O)[C@@H]1O[C@H](COC(C)=O)[C@H](OC(C)=O)[C@H](OC(C)=O)[C@@H]1OC(C)=O. The van der Waals surface area contributed by atoms with Gasteiger partial charge in [0.25, 0.3) is 0 Å². The molecule has 0 aromatic rings. The van der Waals surface area contributed by atoms with Crippen molar-refractivity contribution in [2.24, 2.45) is 0 Å². The number of hydrogen-bond donors (Lipinski definition) is 0. The summed E-state index contributed by atoms with van der Waals surface area (Å²) in [5, 5.41) is 0. The second-order valence-corrected chi connectivity index (χ2v) is 5.64. The maximum Gasteiger partial charge on any atom is 0.339 e. The molecule has 0 amide bonds. The van der Waals surface area contributed by atoms with Crippen LogP contribution in [0.4, 0.5) is 0 Å². The molecule has 27 heavy (non-hydrogen) atoms. The zero-order valence-corrected chi connectivity index (χ0v) is 15.6. The van der Waals surface area contributed by atoms with Crippen LogP contribution in [0.15, 0.2) is 0 Å². The van der Waals surface area contributed by atoms with Gasteiger partial charge in [0.05, 0.1) is 7.11 Å². The van der Waals surface area contributed by atoms with Gasteiger partial charge in [-0.3, -0.25) is 19.2 Å². The quantitative estimate of drug-likeness (QED) is 0.419. The minimum Gasteiger partial charge on any atom is -0.467 e. The van der Waals surface area contributed by atoms with E-state index in [0.29, 0.717) is 0 Å². The van der Waals surface area contributed by atoms with E-state index < -0.39 is 67.0 Å². The molecule has 0 N–H and O–H groups in total. The Labute approximate surface area is 155 Å². The fraction of sp³-hybridized carbons (Fsp3) is 0.688. The highest BCUT2D eigenvalue weighted by atomic mass is 16.7. The second kappa shape index (κ2) is 9.86. The Kier molecular flexibility index (Phi) is 8.16. The van der Waals surface area contributed by atoms with Crippen LogP contribution >= 0.6 is 0 Å². The van der Waals surface area contributed by atoms with Crippen molar-refractivity contribution in [1.29, 1.82) is 0 Å². The maximum atomic E-state index is 12.1. The van der Waals surface area contributed by atoms with Crippen LogP contribution < -0.4 is 0 Å². The predicted molar refractivity (Wildman–Crippen MR) is 84.0 cm³/mol. The highest BCUT2D eigenvalue weighted by Gasteiger charge is 2.54. The van der Waals surface area contributed by atoms with Gasteiger partial charge in [-0.05, 0) is 0 Å². The molecule has 0 aromatic carbocycles. The summed E-state index contributed by atoms with van der Waals surface area (Å²) < 4.78 is 30.4. The smallest absolute Gasteiger partial charge is 0.339 e. The molecule has 1 saturated heterocycles.